The first-order valence-electron chi connectivity index (χ1n) is 8.34. The number of hydrogen-bond donors (Lipinski definition) is 0. The molecular formula is C20H24N2O. The van der Waals surface area contributed by atoms with Crippen LogP contribution in [0.5, 0.6) is 5.75 Å². The van der Waals surface area contributed by atoms with Crippen molar-refractivity contribution in [2.75, 3.05) is 13.2 Å². The van der Waals surface area contributed by atoms with Crippen LogP contribution in [-0.4, -0.2) is 23.0 Å². The summed E-state index contributed by atoms with van der Waals surface area (Å²) in [5.41, 5.74) is 2.56. The predicted octanol–water partition coefficient (Wildman–Crippen LogP) is 4.37. The number of nitrogens with zero attached hydrogens (tertiary/aromatic N) is 2. The minimum absolute atomic E-state index is 0.449. The summed E-state index contributed by atoms with van der Waals surface area (Å²) in [5, 5.41) is 0. The second-order valence-electron chi connectivity index (χ2n) is 5.98. The second kappa shape index (κ2) is 7.93. The van der Waals surface area contributed by atoms with E-state index in [9.17, 15) is 0 Å². The maximum atomic E-state index is 5.81. The van der Waals surface area contributed by atoms with Gasteiger partial charge in [0, 0.05) is 30.5 Å². The molecule has 23 heavy (non-hydrogen) atoms. The summed E-state index contributed by atoms with van der Waals surface area (Å²) < 4.78 is 5.81. The van der Waals surface area contributed by atoms with E-state index in [1.54, 1.807) is 6.08 Å². The Morgan fingerprint density at radius 3 is 2.96 bits per heavy atom. The zero-order valence-corrected chi connectivity index (χ0v) is 13.5. The molecule has 1 fully saturated rings. The number of benzene rings is 1. The maximum Gasteiger partial charge on any atom is 0.124 e. The Kier molecular flexibility index (Phi) is 5.43. The van der Waals surface area contributed by atoms with Crippen molar-refractivity contribution in [2.24, 2.45) is 0 Å². The molecule has 3 nitrogen and oxygen atoms in total. The van der Waals surface area contributed by atoms with Gasteiger partial charge < -0.3 is 4.74 Å². The van der Waals surface area contributed by atoms with E-state index in [1.807, 2.05) is 30.6 Å². The van der Waals surface area contributed by atoms with Crippen molar-refractivity contribution in [3.8, 4) is 5.75 Å². The highest BCUT2D eigenvalue weighted by molar-refractivity contribution is 5.33. The van der Waals surface area contributed by atoms with Crippen LogP contribution in [0.2, 0.25) is 0 Å². The van der Waals surface area contributed by atoms with Crippen molar-refractivity contribution < 1.29 is 4.74 Å². The molecule has 0 spiro atoms. The first-order chi connectivity index (χ1) is 11.4. The Bertz CT molecular complexity index is 627. The molecule has 1 aliphatic rings. The predicted molar refractivity (Wildman–Crippen MR) is 93.4 cm³/mol. The third-order valence-electron chi connectivity index (χ3n) is 4.39. The van der Waals surface area contributed by atoms with E-state index < -0.39 is 0 Å². The van der Waals surface area contributed by atoms with E-state index in [2.05, 4.69) is 34.7 Å². The fourth-order valence-electron chi connectivity index (χ4n) is 3.27. The Morgan fingerprint density at radius 2 is 2.13 bits per heavy atom. The average molecular weight is 308 g/mol. The molecular weight excluding hydrogens is 284 g/mol. The number of aromatic nitrogens is 1. The molecule has 0 aliphatic carbocycles. The van der Waals surface area contributed by atoms with E-state index in [0.717, 1.165) is 18.8 Å². The van der Waals surface area contributed by atoms with Gasteiger partial charge >= 0.3 is 0 Å². The van der Waals surface area contributed by atoms with Gasteiger partial charge in [0.15, 0.2) is 0 Å². The van der Waals surface area contributed by atoms with Gasteiger partial charge in [0.1, 0.15) is 12.4 Å². The lowest BCUT2D eigenvalue weighted by atomic mass is 9.95. The van der Waals surface area contributed by atoms with Gasteiger partial charge in [0.25, 0.3) is 0 Å². The van der Waals surface area contributed by atoms with Crippen molar-refractivity contribution >= 4 is 0 Å². The molecule has 1 aromatic heterocycles. The summed E-state index contributed by atoms with van der Waals surface area (Å²) in [5.74, 6) is 0.961. The minimum Gasteiger partial charge on any atom is -0.489 e. The lowest BCUT2D eigenvalue weighted by Crippen LogP contribution is -2.33. The van der Waals surface area contributed by atoms with Crippen molar-refractivity contribution in [1.29, 1.82) is 0 Å². The fourth-order valence-corrected chi connectivity index (χ4v) is 3.27. The smallest absolute Gasteiger partial charge is 0.124 e. The summed E-state index contributed by atoms with van der Waals surface area (Å²) in [4.78, 5) is 6.85. The molecule has 3 rings (SSSR count). The van der Waals surface area contributed by atoms with Crippen LogP contribution in [0.3, 0.4) is 0 Å². The number of para-hydroxylation sites is 1. The monoisotopic (exact) mass is 308 g/mol. The number of ether oxygens (including phenoxy) is 1. The standard InChI is InChI=1S/C20H24N2O/c1-2-14-23-20-11-4-3-8-18(20)16-22-13-6-5-10-19(22)17-9-7-12-21-15-17/h2-4,7-9,11-12,15,19H,1,5-6,10,13-14,16H2. The van der Waals surface area contributed by atoms with E-state index in [4.69, 9.17) is 4.74 Å². The molecule has 0 bridgehead atoms. The van der Waals surface area contributed by atoms with Crippen LogP contribution in [0, 0.1) is 0 Å². The lowest BCUT2D eigenvalue weighted by Gasteiger charge is -2.36. The number of piperidine rings is 1. The normalized spacial score (nSPS) is 18.5. The lowest BCUT2D eigenvalue weighted by molar-refractivity contribution is 0.138. The summed E-state index contributed by atoms with van der Waals surface area (Å²) in [6.07, 6.45) is 9.37. The Morgan fingerprint density at radius 1 is 1.22 bits per heavy atom. The van der Waals surface area contributed by atoms with Gasteiger partial charge in [-0.3, -0.25) is 9.88 Å². The maximum absolute atomic E-state index is 5.81. The number of likely N-dealkylation sites (tertiary alicyclic amines) is 1. The molecule has 2 aromatic rings. The van der Waals surface area contributed by atoms with Crippen LogP contribution in [0.4, 0.5) is 0 Å². The highest BCUT2D eigenvalue weighted by Crippen LogP contribution is 2.33. The molecule has 3 heteroatoms. The highest BCUT2D eigenvalue weighted by Gasteiger charge is 2.24. The second-order valence-corrected chi connectivity index (χ2v) is 5.98. The van der Waals surface area contributed by atoms with Crippen LogP contribution in [0.25, 0.3) is 0 Å². The molecule has 1 aromatic carbocycles. The van der Waals surface area contributed by atoms with Gasteiger partial charge in [-0.1, -0.05) is 43.3 Å². The number of rotatable bonds is 6. The zero-order chi connectivity index (χ0) is 15.9. The van der Waals surface area contributed by atoms with Gasteiger partial charge in [-0.15, -0.1) is 0 Å². The SMILES string of the molecule is C=CCOc1ccccc1CN1CCCCC1c1cccnc1. The van der Waals surface area contributed by atoms with Crippen LogP contribution >= 0.6 is 0 Å². The third kappa shape index (κ3) is 3.99. The van der Waals surface area contributed by atoms with E-state index in [1.165, 1.54) is 30.4 Å². The average Bonchev–Trinajstić information content (AvgIpc) is 2.62. The van der Waals surface area contributed by atoms with E-state index in [-0.39, 0.29) is 0 Å². The van der Waals surface area contributed by atoms with Gasteiger partial charge in [0.05, 0.1) is 0 Å². The molecule has 1 unspecified atom stereocenters. The quantitative estimate of drug-likeness (QED) is 0.741. The Hall–Kier alpha value is -2.13. The molecule has 2 heterocycles. The van der Waals surface area contributed by atoms with Gasteiger partial charge in [-0.2, -0.15) is 0 Å². The topological polar surface area (TPSA) is 25.4 Å². The van der Waals surface area contributed by atoms with Crippen molar-refractivity contribution in [3.05, 3.63) is 72.6 Å². The number of pyridine rings is 1. The summed E-state index contributed by atoms with van der Waals surface area (Å²) in [6.45, 7) is 6.31. The van der Waals surface area contributed by atoms with Crippen LogP contribution in [0.1, 0.15) is 36.4 Å². The van der Waals surface area contributed by atoms with Gasteiger partial charge in [-0.25, -0.2) is 0 Å². The summed E-state index contributed by atoms with van der Waals surface area (Å²) in [7, 11) is 0. The summed E-state index contributed by atoms with van der Waals surface area (Å²) >= 11 is 0. The van der Waals surface area contributed by atoms with Gasteiger partial charge in [-0.05, 0) is 37.1 Å². The van der Waals surface area contributed by atoms with Crippen molar-refractivity contribution in [3.63, 3.8) is 0 Å². The van der Waals surface area contributed by atoms with E-state index >= 15 is 0 Å². The molecule has 1 aliphatic heterocycles. The Balaban J connectivity index is 1.78. The van der Waals surface area contributed by atoms with Crippen molar-refractivity contribution in [2.45, 2.75) is 31.8 Å². The molecule has 1 saturated heterocycles. The Labute approximate surface area is 138 Å². The largest absolute Gasteiger partial charge is 0.489 e. The fraction of sp³-hybridized carbons (Fsp3) is 0.350. The first-order valence-corrected chi connectivity index (χ1v) is 8.34. The number of hydrogen-bond acceptors (Lipinski definition) is 3. The van der Waals surface area contributed by atoms with E-state index in [0.29, 0.717) is 12.6 Å². The highest BCUT2D eigenvalue weighted by atomic mass is 16.5. The molecule has 120 valence electrons. The molecule has 0 radical (unpaired) electrons. The molecule has 1 atom stereocenters. The van der Waals surface area contributed by atoms with Gasteiger partial charge in [0.2, 0.25) is 0 Å². The zero-order valence-electron chi connectivity index (χ0n) is 13.5. The van der Waals surface area contributed by atoms with Crippen molar-refractivity contribution in [1.82, 2.24) is 9.88 Å². The minimum atomic E-state index is 0.449. The van der Waals surface area contributed by atoms with Crippen LogP contribution in [0.15, 0.2) is 61.4 Å². The molecule has 0 saturated carbocycles. The van der Waals surface area contributed by atoms with Crippen LogP contribution < -0.4 is 4.74 Å². The third-order valence-corrected chi connectivity index (χ3v) is 4.39. The molecule has 0 N–H and O–H groups in total. The summed E-state index contributed by atoms with van der Waals surface area (Å²) in [6, 6.07) is 13.0. The van der Waals surface area contributed by atoms with Crippen LogP contribution in [-0.2, 0) is 6.54 Å². The molecule has 0 amide bonds. The first kappa shape index (κ1) is 15.8.